The fourth-order valence-electron chi connectivity index (χ4n) is 2.30. The summed E-state index contributed by atoms with van der Waals surface area (Å²) in [6.45, 7) is 5.20. The molecule has 0 aliphatic heterocycles. The van der Waals surface area contributed by atoms with Crippen LogP contribution in [0.4, 0.5) is 11.5 Å². The zero-order valence-corrected chi connectivity index (χ0v) is 15.3. The quantitative estimate of drug-likeness (QED) is 0.447. The minimum Gasteiger partial charge on any atom is -0.496 e. The molecule has 0 bridgehead atoms. The predicted octanol–water partition coefficient (Wildman–Crippen LogP) is 2.56. The lowest BCUT2D eigenvalue weighted by Gasteiger charge is -2.16. The van der Waals surface area contributed by atoms with Crippen LogP contribution in [0.1, 0.15) is 37.2 Å². The Hall–Kier alpha value is -3.43. The van der Waals surface area contributed by atoms with Gasteiger partial charge in [0.25, 0.3) is 11.6 Å². The summed E-state index contributed by atoms with van der Waals surface area (Å²) in [5.74, 6) is -0.896. The van der Waals surface area contributed by atoms with E-state index in [-0.39, 0.29) is 23.0 Å². The fraction of sp³-hybridized carbons (Fsp3) is 0.353. The first-order valence-electron chi connectivity index (χ1n) is 8.12. The van der Waals surface area contributed by atoms with E-state index in [1.807, 2.05) is 13.8 Å². The number of nitro groups is 1. The number of hydrogen-bond acceptors (Lipinski definition) is 7. The Morgan fingerprint density at radius 2 is 1.96 bits per heavy atom. The number of nitrogens with zero attached hydrogens (tertiary/aromatic N) is 3. The molecule has 0 unspecified atom stereocenters. The highest BCUT2D eigenvalue weighted by Crippen LogP contribution is 2.25. The van der Waals surface area contributed by atoms with Gasteiger partial charge in [0, 0.05) is 24.2 Å². The number of carbonyl (C=O) groups excluding carboxylic acids is 2. The van der Waals surface area contributed by atoms with Crippen molar-refractivity contribution in [1.82, 2.24) is 9.78 Å². The molecule has 0 aliphatic carbocycles. The molecule has 1 amide bonds. The van der Waals surface area contributed by atoms with Crippen molar-refractivity contribution in [3.05, 3.63) is 46.1 Å². The maximum absolute atomic E-state index is 12.4. The third kappa shape index (κ3) is 4.60. The van der Waals surface area contributed by atoms with Crippen LogP contribution in [-0.4, -0.2) is 39.8 Å². The van der Waals surface area contributed by atoms with Gasteiger partial charge in [-0.3, -0.25) is 14.9 Å². The molecule has 0 aliphatic rings. The SMILES string of the molecule is COc1ccc([N+](=O)[O-])cc1C(=O)O[C@H](C)C(=O)Nc1ccnn1C(C)C. The number of amides is 1. The van der Waals surface area contributed by atoms with Crippen LogP contribution in [0.15, 0.2) is 30.5 Å². The summed E-state index contributed by atoms with van der Waals surface area (Å²) < 4.78 is 11.8. The number of nitrogens with one attached hydrogen (secondary N) is 1. The van der Waals surface area contributed by atoms with Crippen LogP contribution in [0.2, 0.25) is 0 Å². The number of methoxy groups -OCH3 is 1. The number of non-ortho nitro benzene ring substituents is 1. The topological polar surface area (TPSA) is 126 Å². The molecule has 10 nitrogen and oxygen atoms in total. The summed E-state index contributed by atoms with van der Waals surface area (Å²) in [4.78, 5) is 35.0. The molecule has 2 aromatic rings. The van der Waals surface area contributed by atoms with Crippen LogP contribution in [0.25, 0.3) is 0 Å². The number of esters is 1. The minimum atomic E-state index is -1.14. The molecule has 0 radical (unpaired) electrons. The number of anilines is 1. The number of rotatable bonds is 7. The van der Waals surface area contributed by atoms with Crippen molar-refractivity contribution in [2.75, 3.05) is 12.4 Å². The average molecular weight is 376 g/mol. The lowest BCUT2D eigenvalue weighted by molar-refractivity contribution is -0.384. The third-order valence-corrected chi connectivity index (χ3v) is 3.68. The summed E-state index contributed by atoms with van der Waals surface area (Å²) in [6.07, 6.45) is 0.400. The molecule has 0 saturated heterocycles. The molecule has 1 aromatic heterocycles. The number of aromatic nitrogens is 2. The summed E-state index contributed by atoms with van der Waals surface area (Å²) in [7, 11) is 1.32. The molecule has 0 saturated carbocycles. The van der Waals surface area contributed by atoms with Crippen molar-refractivity contribution < 1.29 is 24.0 Å². The van der Waals surface area contributed by atoms with Gasteiger partial charge < -0.3 is 14.8 Å². The van der Waals surface area contributed by atoms with E-state index in [1.165, 1.54) is 26.2 Å². The van der Waals surface area contributed by atoms with Gasteiger partial charge in [-0.1, -0.05) is 0 Å². The van der Waals surface area contributed by atoms with Crippen LogP contribution in [-0.2, 0) is 9.53 Å². The van der Waals surface area contributed by atoms with Crippen LogP contribution in [0.3, 0.4) is 0 Å². The van der Waals surface area contributed by atoms with Gasteiger partial charge in [-0.25, -0.2) is 9.48 Å². The maximum atomic E-state index is 12.4. The van der Waals surface area contributed by atoms with Gasteiger partial charge in [0.15, 0.2) is 6.10 Å². The zero-order chi connectivity index (χ0) is 20.1. The van der Waals surface area contributed by atoms with Gasteiger partial charge in [-0.05, 0) is 26.8 Å². The Balaban J connectivity index is 2.13. The molecule has 1 atom stereocenters. The highest BCUT2D eigenvalue weighted by molar-refractivity contribution is 5.98. The molecule has 0 spiro atoms. The first-order chi connectivity index (χ1) is 12.7. The number of carbonyl (C=O) groups is 2. The van der Waals surface area contributed by atoms with Crippen molar-refractivity contribution in [1.29, 1.82) is 0 Å². The van der Waals surface area contributed by atoms with Crippen molar-refractivity contribution >= 4 is 23.4 Å². The molecule has 1 aromatic carbocycles. The maximum Gasteiger partial charge on any atom is 0.342 e. The lowest BCUT2D eigenvalue weighted by atomic mass is 10.1. The normalized spacial score (nSPS) is 11.7. The Morgan fingerprint density at radius 1 is 1.26 bits per heavy atom. The first-order valence-corrected chi connectivity index (χ1v) is 8.12. The van der Waals surface area contributed by atoms with E-state index < -0.39 is 22.9 Å². The highest BCUT2D eigenvalue weighted by Gasteiger charge is 2.24. The number of ether oxygens (including phenoxy) is 2. The Labute approximate surface area is 155 Å². The second kappa shape index (κ2) is 8.30. The molecule has 0 fully saturated rings. The summed E-state index contributed by atoms with van der Waals surface area (Å²) in [5.41, 5.74) is -0.431. The Morgan fingerprint density at radius 3 is 2.56 bits per heavy atom. The number of nitro benzene ring substituents is 1. The largest absolute Gasteiger partial charge is 0.496 e. The van der Waals surface area contributed by atoms with Crippen molar-refractivity contribution in [3.8, 4) is 5.75 Å². The molecule has 144 valence electrons. The van der Waals surface area contributed by atoms with E-state index in [1.54, 1.807) is 16.9 Å². The third-order valence-electron chi connectivity index (χ3n) is 3.68. The molecule has 27 heavy (non-hydrogen) atoms. The van der Waals surface area contributed by atoms with E-state index in [0.717, 1.165) is 6.07 Å². The van der Waals surface area contributed by atoms with Gasteiger partial charge in [-0.2, -0.15) is 5.10 Å². The Bertz CT molecular complexity index is 861. The monoisotopic (exact) mass is 376 g/mol. The average Bonchev–Trinajstić information content (AvgIpc) is 3.09. The molecule has 2 rings (SSSR count). The van der Waals surface area contributed by atoms with Crippen LogP contribution < -0.4 is 10.1 Å². The summed E-state index contributed by atoms with van der Waals surface area (Å²) in [6, 6.07) is 5.19. The fourth-order valence-corrected chi connectivity index (χ4v) is 2.30. The first kappa shape index (κ1) is 19.9. The van der Waals surface area contributed by atoms with Crippen LogP contribution in [0, 0.1) is 10.1 Å². The molecule has 10 heteroatoms. The van der Waals surface area contributed by atoms with E-state index >= 15 is 0 Å². The highest BCUT2D eigenvalue weighted by atomic mass is 16.6. The standard InChI is InChI=1S/C17H20N4O6/c1-10(2)20-15(7-8-18-20)19-16(22)11(3)27-17(23)13-9-12(21(24)25)5-6-14(13)26-4/h5-11H,1-4H3,(H,19,22)/t11-/m1/s1. The van der Waals surface area contributed by atoms with E-state index in [4.69, 9.17) is 9.47 Å². The van der Waals surface area contributed by atoms with Crippen molar-refractivity contribution in [2.45, 2.75) is 32.9 Å². The molecule has 1 N–H and O–H groups in total. The second-order valence-electron chi connectivity index (χ2n) is 5.93. The van der Waals surface area contributed by atoms with E-state index in [9.17, 15) is 19.7 Å². The molecule has 1 heterocycles. The van der Waals surface area contributed by atoms with Crippen molar-refractivity contribution in [2.24, 2.45) is 0 Å². The summed E-state index contributed by atoms with van der Waals surface area (Å²) >= 11 is 0. The smallest absolute Gasteiger partial charge is 0.342 e. The van der Waals surface area contributed by atoms with Crippen molar-refractivity contribution in [3.63, 3.8) is 0 Å². The summed E-state index contributed by atoms with van der Waals surface area (Å²) in [5, 5.41) is 17.6. The van der Waals surface area contributed by atoms with Gasteiger partial charge in [0.05, 0.1) is 18.2 Å². The predicted molar refractivity (Wildman–Crippen MR) is 95.8 cm³/mol. The second-order valence-corrected chi connectivity index (χ2v) is 5.93. The zero-order valence-electron chi connectivity index (χ0n) is 15.3. The number of benzene rings is 1. The lowest BCUT2D eigenvalue weighted by Crippen LogP contribution is -2.31. The van der Waals surface area contributed by atoms with E-state index in [2.05, 4.69) is 10.4 Å². The molecular weight excluding hydrogens is 356 g/mol. The van der Waals surface area contributed by atoms with Crippen LogP contribution in [0.5, 0.6) is 5.75 Å². The van der Waals surface area contributed by atoms with Gasteiger partial charge in [0.2, 0.25) is 0 Å². The van der Waals surface area contributed by atoms with Gasteiger partial charge >= 0.3 is 5.97 Å². The van der Waals surface area contributed by atoms with Gasteiger partial charge in [-0.15, -0.1) is 0 Å². The van der Waals surface area contributed by atoms with Gasteiger partial charge in [0.1, 0.15) is 17.1 Å². The minimum absolute atomic E-state index is 0.0299. The molecular formula is C17H20N4O6. The van der Waals surface area contributed by atoms with E-state index in [0.29, 0.717) is 5.82 Å². The van der Waals surface area contributed by atoms with Crippen LogP contribution >= 0.6 is 0 Å². The number of hydrogen-bond donors (Lipinski definition) is 1. The Kier molecular flexibility index (Phi) is 6.11.